The standard InChI is InChI=1S/C21H30N4O2S/c1-6-21(9-16-7-8-17(21)25(16)18(26)12(2)3)19(27)22-10-15-11-24-13(4)14(5)28-20(24)23-15/h11-12,16-17H,6-10H2,1-5H3,(H,22,27)/t16-,17+,21+/m1/s1. The van der Waals surface area contributed by atoms with Gasteiger partial charge in [-0.1, -0.05) is 20.8 Å². The number of aromatic nitrogens is 2. The van der Waals surface area contributed by atoms with Gasteiger partial charge in [-0.2, -0.15) is 0 Å². The zero-order chi connectivity index (χ0) is 20.2. The van der Waals surface area contributed by atoms with E-state index in [2.05, 4.69) is 35.5 Å². The van der Waals surface area contributed by atoms with Gasteiger partial charge in [0.05, 0.1) is 17.7 Å². The number of hydrogen-bond acceptors (Lipinski definition) is 4. The van der Waals surface area contributed by atoms with Gasteiger partial charge in [-0.25, -0.2) is 4.98 Å². The lowest BCUT2D eigenvalue weighted by atomic mass is 9.71. The van der Waals surface area contributed by atoms with Crippen LogP contribution in [-0.4, -0.2) is 38.2 Å². The van der Waals surface area contributed by atoms with Crippen LogP contribution in [0.4, 0.5) is 0 Å². The Balaban J connectivity index is 1.50. The molecule has 28 heavy (non-hydrogen) atoms. The third-order valence-electron chi connectivity index (χ3n) is 6.84. The molecule has 2 bridgehead atoms. The fraction of sp³-hybridized carbons (Fsp3) is 0.667. The van der Waals surface area contributed by atoms with Gasteiger partial charge >= 0.3 is 0 Å². The maximum atomic E-state index is 13.3. The van der Waals surface area contributed by atoms with Gasteiger partial charge in [0.1, 0.15) is 0 Å². The minimum absolute atomic E-state index is 0.0241. The number of amides is 2. The van der Waals surface area contributed by atoms with Crippen LogP contribution in [0.5, 0.6) is 0 Å². The topological polar surface area (TPSA) is 66.7 Å². The van der Waals surface area contributed by atoms with Crippen LogP contribution in [0.1, 0.15) is 62.7 Å². The molecule has 0 unspecified atom stereocenters. The third kappa shape index (κ3) is 2.78. The second-order valence-electron chi connectivity index (χ2n) is 8.67. The predicted octanol–water partition coefficient (Wildman–Crippen LogP) is 3.44. The van der Waals surface area contributed by atoms with E-state index in [1.54, 1.807) is 11.3 Å². The predicted molar refractivity (Wildman–Crippen MR) is 110 cm³/mol. The third-order valence-corrected chi connectivity index (χ3v) is 7.91. The molecule has 4 heterocycles. The monoisotopic (exact) mass is 402 g/mol. The highest BCUT2D eigenvalue weighted by Gasteiger charge is 2.60. The highest BCUT2D eigenvalue weighted by Crippen LogP contribution is 2.52. The molecule has 3 atom stereocenters. The van der Waals surface area contributed by atoms with Crippen molar-refractivity contribution < 1.29 is 9.59 Å². The molecule has 2 aliphatic rings. The minimum Gasteiger partial charge on any atom is -0.350 e. The van der Waals surface area contributed by atoms with E-state index >= 15 is 0 Å². The van der Waals surface area contributed by atoms with E-state index in [0.717, 1.165) is 36.3 Å². The first-order valence-electron chi connectivity index (χ1n) is 10.3. The molecule has 0 spiro atoms. The summed E-state index contributed by atoms with van der Waals surface area (Å²) in [6.07, 6.45) is 5.52. The van der Waals surface area contributed by atoms with E-state index in [1.807, 2.05) is 24.9 Å². The maximum absolute atomic E-state index is 13.3. The number of carbonyl (C=O) groups excluding carboxylic acids is 2. The second-order valence-corrected chi connectivity index (χ2v) is 9.85. The molecule has 7 heteroatoms. The number of nitrogens with zero attached hydrogens (tertiary/aromatic N) is 3. The van der Waals surface area contributed by atoms with Crippen molar-refractivity contribution in [3.63, 3.8) is 0 Å². The lowest BCUT2D eigenvalue weighted by molar-refractivity contribution is -0.139. The lowest BCUT2D eigenvalue weighted by Crippen LogP contribution is -2.50. The van der Waals surface area contributed by atoms with Crippen LogP contribution in [-0.2, 0) is 16.1 Å². The summed E-state index contributed by atoms with van der Waals surface area (Å²) in [4.78, 5) is 34.9. The lowest BCUT2D eigenvalue weighted by Gasteiger charge is -2.35. The molecule has 2 amide bonds. The molecule has 6 nitrogen and oxygen atoms in total. The SMILES string of the molecule is CC[C@]1(C(=O)NCc2cn3c(C)c(C)sc3n2)C[C@H]2CC[C@@H]1N2C(=O)C(C)C. The van der Waals surface area contributed by atoms with Crippen LogP contribution in [0, 0.1) is 25.2 Å². The number of thiazole rings is 1. The zero-order valence-electron chi connectivity index (χ0n) is 17.4. The molecular formula is C21H30N4O2S. The molecule has 2 saturated heterocycles. The average Bonchev–Trinajstić information content (AvgIpc) is 3.40. The average molecular weight is 403 g/mol. The normalized spacial score (nSPS) is 26.6. The number of imidazole rings is 1. The molecule has 4 rings (SSSR count). The van der Waals surface area contributed by atoms with E-state index < -0.39 is 5.41 Å². The van der Waals surface area contributed by atoms with Crippen molar-refractivity contribution in [2.24, 2.45) is 11.3 Å². The summed E-state index contributed by atoms with van der Waals surface area (Å²) in [5.74, 6) is 0.243. The summed E-state index contributed by atoms with van der Waals surface area (Å²) in [7, 11) is 0. The number of aryl methyl sites for hydroxylation is 2. The van der Waals surface area contributed by atoms with Crippen LogP contribution in [0.3, 0.4) is 0 Å². The van der Waals surface area contributed by atoms with E-state index in [4.69, 9.17) is 0 Å². The van der Waals surface area contributed by atoms with Crippen LogP contribution < -0.4 is 5.32 Å². The van der Waals surface area contributed by atoms with Gasteiger partial charge in [0.2, 0.25) is 11.8 Å². The van der Waals surface area contributed by atoms with Crippen molar-refractivity contribution in [3.05, 3.63) is 22.5 Å². The molecule has 0 radical (unpaired) electrons. The van der Waals surface area contributed by atoms with Crippen LogP contribution >= 0.6 is 11.3 Å². The Morgan fingerprint density at radius 2 is 2.11 bits per heavy atom. The molecule has 2 aromatic rings. The Kier molecular flexibility index (Phi) is 4.76. The van der Waals surface area contributed by atoms with Crippen molar-refractivity contribution >= 4 is 28.1 Å². The number of nitrogens with one attached hydrogen (secondary N) is 1. The Bertz CT molecular complexity index is 930. The Morgan fingerprint density at radius 1 is 1.36 bits per heavy atom. The Morgan fingerprint density at radius 3 is 2.75 bits per heavy atom. The summed E-state index contributed by atoms with van der Waals surface area (Å²) < 4.78 is 2.09. The van der Waals surface area contributed by atoms with Crippen molar-refractivity contribution in [3.8, 4) is 0 Å². The summed E-state index contributed by atoms with van der Waals surface area (Å²) in [5, 5.41) is 3.14. The molecule has 2 aromatic heterocycles. The Hall–Kier alpha value is -1.89. The minimum atomic E-state index is -0.461. The van der Waals surface area contributed by atoms with Gasteiger partial charge in [0, 0.05) is 34.8 Å². The van der Waals surface area contributed by atoms with Gasteiger partial charge in [0.15, 0.2) is 4.96 Å². The molecule has 152 valence electrons. The first-order valence-corrected chi connectivity index (χ1v) is 11.1. The van der Waals surface area contributed by atoms with Gasteiger partial charge in [-0.05, 0) is 39.5 Å². The summed E-state index contributed by atoms with van der Waals surface area (Å²) in [6, 6.07) is 0.252. The van der Waals surface area contributed by atoms with E-state index in [1.165, 1.54) is 10.6 Å². The van der Waals surface area contributed by atoms with E-state index in [-0.39, 0.29) is 29.8 Å². The summed E-state index contributed by atoms with van der Waals surface area (Å²) in [5.41, 5.74) is 1.62. The van der Waals surface area contributed by atoms with Crippen molar-refractivity contribution in [2.75, 3.05) is 0 Å². The molecule has 2 aliphatic heterocycles. The van der Waals surface area contributed by atoms with Crippen LogP contribution in [0.15, 0.2) is 6.20 Å². The number of hydrogen-bond donors (Lipinski definition) is 1. The molecule has 0 aliphatic carbocycles. The number of rotatable bonds is 5. The summed E-state index contributed by atoms with van der Waals surface area (Å²) in [6.45, 7) is 10.6. The quantitative estimate of drug-likeness (QED) is 0.833. The fourth-order valence-corrected chi connectivity index (χ4v) is 6.10. The maximum Gasteiger partial charge on any atom is 0.228 e. The van der Waals surface area contributed by atoms with E-state index in [0.29, 0.717) is 6.54 Å². The molecule has 0 saturated carbocycles. The smallest absolute Gasteiger partial charge is 0.228 e. The number of fused-ring (bicyclic) bond motifs is 3. The molecule has 0 aromatic carbocycles. The first kappa shape index (κ1) is 19.4. The highest BCUT2D eigenvalue weighted by atomic mass is 32.1. The summed E-state index contributed by atoms with van der Waals surface area (Å²) >= 11 is 1.67. The molecule has 2 fully saturated rings. The highest BCUT2D eigenvalue weighted by molar-refractivity contribution is 7.17. The number of carbonyl (C=O) groups is 2. The molecule has 1 N–H and O–H groups in total. The van der Waals surface area contributed by atoms with Crippen molar-refractivity contribution in [2.45, 2.75) is 78.9 Å². The van der Waals surface area contributed by atoms with Gasteiger partial charge < -0.3 is 10.2 Å². The van der Waals surface area contributed by atoms with Crippen molar-refractivity contribution in [1.82, 2.24) is 19.6 Å². The Labute approximate surface area is 170 Å². The molecular weight excluding hydrogens is 372 g/mol. The zero-order valence-corrected chi connectivity index (χ0v) is 18.2. The van der Waals surface area contributed by atoms with Gasteiger partial charge in [-0.3, -0.25) is 14.0 Å². The van der Waals surface area contributed by atoms with Crippen LogP contribution in [0.25, 0.3) is 4.96 Å². The largest absolute Gasteiger partial charge is 0.350 e. The van der Waals surface area contributed by atoms with Crippen molar-refractivity contribution in [1.29, 1.82) is 0 Å². The van der Waals surface area contributed by atoms with Gasteiger partial charge in [-0.15, -0.1) is 11.3 Å². The van der Waals surface area contributed by atoms with Crippen LogP contribution in [0.2, 0.25) is 0 Å². The first-order chi connectivity index (χ1) is 13.3. The van der Waals surface area contributed by atoms with Gasteiger partial charge in [0.25, 0.3) is 0 Å². The second kappa shape index (κ2) is 6.87. The van der Waals surface area contributed by atoms with E-state index in [9.17, 15) is 9.59 Å². The fourth-order valence-electron chi connectivity index (χ4n) is 5.13.